The quantitative estimate of drug-likeness (QED) is 0.0767. The molecule has 0 aliphatic carbocycles. The molecule has 14 nitrogen and oxygen atoms in total. The number of hydrogen-bond donors (Lipinski definition) is 6. The Kier molecular flexibility index (Phi) is 13.8. The molecule has 3 atom stereocenters. The van der Waals surface area contributed by atoms with Gasteiger partial charge in [-0.15, -0.1) is 0 Å². The van der Waals surface area contributed by atoms with Gasteiger partial charge in [0.2, 0.25) is 17.7 Å². The number of carboxylic acids is 1. The van der Waals surface area contributed by atoms with Gasteiger partial charge in [0.05, 0.1) is 20.6 Å². The number of aromatic amines is 1. The summed E-state index contributed by atoms with van der Waals surface area (Å²) in [6.45, 7) is 5.23. The van der Waals surface area contributed by atoms with Crippen LogP contribution in [-0.2, 0) is 43.2 Å². The van der Waals surface area contributed by atoms with Gasteiger partial charge in [0.1, 0.15) is 23.7 Å². The van der Waals surface area contributed by atoms with E-state index in [4.69, 9.17) is 14.2 Å². The third-order valence-corrected chi connectivity index (χ3v) is 9.17. The fraction of sp³-hybridized carbons (Fsp3) is 0.326. The van der Waals surface area contributed by atoms with Crippen molar-refractivity contribution in [2.45, 2.75) is 70.2 Å². The highest BCUT2D eigenvalue weighted by Crippen LogP contribution is 2.27. The van der Waals surface area contributed by atoms with Crippen LogP contribution in [-0.4, -0.2) is 84.4 Å². The molecule has 5 aromatic rings. The van der Waals surface area contributed by atoms with Gasteiger partial charge in [-0.2, -0.15) is 0 Å². The number of methoxy groups -OCH3 is 2. The first-order chi connectivity index (χ1) is 27.2. The second kappa shape index (κ2) is 18.8. The van der Waals surface area contributed by atoms with Crippen molar-refractivity contribution in [3.63, 3.8) is 0 Å². The predicted octanol–water partition coefficient (Wildman–Crippen LogP) is 4.82. The van der Waals surface area contributed by atoms with E-state index in [0.29, 0.717) is 23.5 Å². The summed E-state index contributed by atoms with van der Waals surface area (Å²) in [5.41, 5.74) is 2.24. The maximum Gasteiger partial charge on any atom is 0.408 e. The Balaban J connectivity index is 1.38. The van der Waals surface area contributed by atoms with Crippen molar-refractivity contribution in [2.75, 3.05) is 20.8 Å². The van der Waals surface area contributed by atoms with E-state index >= 15 is 0 Å². The second-order valence-electron chi connectivity index (χ2n) is 14.6. The fourth-order valence-electron chi connectivity index (χ4n) is 6.41. The number of fused-ring (bicyclic) bond motifs is 2. The van der Waals surface area contributed by atoms with Gasteiger partial charge in [-0.25, -0.2) is 4.79 Å². The molecule has 4 aromatic carbocycles. The molecule has 0 saturated heterocycles. The number of benzene rings is 4. The zero-order valence-electron chi connectivity index (χ0n) is 32.6. The van der Waals surface area contributed by atoms with Crippen LogP contribution in [0.4, 0.5) is 4.79 Å². The number of H-pyrrole nitrogens is 1. The van der Waals surface area contributed by atoms with E-state index in [1.807, 2.05) is 72.8 Å². The molecule has 4 amide bonds. The van der Waals surface area contributed by atoms with Gasteiger partial charge in [0.25, 0.3) is 0 Å². The van der Waals surface area contributed by atoms with Gasteiger partial charge >= 0.3 is 12.1 Å². The molecule has 14 heteroatoms. The van der Waals surface area contributed by atoms with Crippen LogP contribution in [0, 0.1) is 0 Å². The van der Waals surface area contributed by atoms with Crippen molar-refractivity contribution < 1.29 is 43.3 Å². The Morgan fingerprint density at radius 3 is 2.05 bits per heavy atom. The van der Waals surface area contributed by atoms with Gasteiger partial charge in [-0.05, 0) is 72.9 Å². The summed E-state index contributed by atoms with van der Waals surface area (Å²) in [6, 6.07) is 22.1. The molecule has 0 saturated carbocycles. The van der Waals surface area contributed by atoms with Crippen molar-refractivity contribution >= 4 is 51.5 Å². The molecule has 0 fully saturated rings. The van der Waals surface area contributed by atoms with Crippen molar-refractivity contribution in [1.82, 2.24) is 26.3 Å². The first-order valence-corrected chi connectivity index (χ1v) is 18.6. The van der Waals surface area contributed by atoms with Gasteiger partial charge in [0.15, 0.2) is 11.5 Å². The molecule has 0 aliphatic heterocycles. The molecule has 0 radical (unpaired) electrons. The number of carbonyl (C=O) groups excluding carboxylic acids is 4. The molecule has 0 unspecified atom stereocenters. The Hall–Kier alpha value is -6.57. The smallest absolute Gasteiger partial charge is 0.408 e. The Morgan fingerprint density at radius 1 is 0.702 bits per heavy atom. The molecule has 1 heterocycles. The average Bonchev–Trinajstić information content (AvgIpc) is 3.58. The maximum absolute atomic E-state index is 14.2. The number of para-hydroxylation sites is 1. The highest BCUT2D eigenvalue weighted by Gasteiger charge is 2.32. The number of amides is 4. The second-order valence-corrected chi connectivity index (χ2v) is 14.6. The highest BCUT2D eigenvalue weighted by atomic mass is 16.6. The zero-order valence-corrected chi connectivity index (χ0v) is 32.6. The fourth-order valence-corrected chi connectivity index (χ4v) is 6.41. The largest absolute Gasteiger partial charge is 0.493 e. The monoisotopic (exact) mass is 779 g/mol. The van der Waals surface area contributed by atoms with E-state index in [1.54, 1.807) is 39.1 Å². The number of rotatable bonds is 17. The van der Waals surface area contributed by atoms with E-state index in [9.17, 15) is 29.1 Å². The van der Waals surface area contributed by atoms with Crippen LogP contribution < -0.4 is 30.7 Å². The number of carboxylic acid groups (broad SMARTS) is 1. The van der Waals surface area contributed by atoms with E-state index in [1.165, 1.54) is 14.2 Å². The average molecular weight is 780 g/mol. The van der Waals surface area contributed by atoms with Gasteiger partial charge in [-0.1, -0.05) is 66.7 Å². The lowest BCUT2D eigenvalue weighted by Crippen LogP contribution is -2.58. The first kappa shape index (κ1) is 41.6. The molecule has 0 bridgehead atoms. The Bertz CT molecular complexity index is 2230. The third-order valence-electron chi connectivity index (χ3n) is 9.17. The van der Waals surface area contributed by atoms with Gasteiger partial charge < -0.3 is 45.6 Å². The van der Waals surface area contributed by atoms with Gasteiger partial charge in [-0.3, -0.25) is 19.2 Å². The highest BCUT2D eigenvalue weighted by molar-refractivity contribution is 5.96. The summed E-state index contributed by atoms with van der Waals surface area (Å²) in [4.78, 5) is 70.0. The van der Waals surface area contributed by atoms with Crippen LogP contribution in [0.3, 0.4) is 0 Å². The van der Waals surface area contributed by atoms with Crippen LogP contribution >= 0.6 is 0 Å². The number of alkyl carbamates (subject to hydrolysis) is 1. The number of carbonyl (C=O) groups is 5. The van der Waals surface area contributed by atoms with Crippen LogP contribution in [0.25, 0.3) is 21.7 Å². The number of aliphatic carboxylic acids is 1. The maximum atomic E-state index is 14.2. The van der Waals surface area contributed by atoms with Crippen LogP contribution in [0.15, 0.2) is 91.1 Å². The lowest BCUT2D eigenvalue weighted by molar-refractivity contribution is -0.141. The van der Waals surface area contributed by atoms with Crippen molar-refractivity contribution in [3.05, 3.63) is 108 Å². The van der Waals surface area contributed by atoms with Crippen molar-refractivity contribution in [3.8, 4) is 11.5 Å². The lowest BCUT2D eigenvalue weighted by Gasteiger charge is -2.26. The zero-order chi connectivity index (χ0) is 41.1. The number of hydrogen-bond acceptors (Lipinski definition) is 8. The minimum absolute atomic E-state index is 0.0185. The summed E-state index contributed by atoms with van der Waals surface area (Å²) >= 11 is 0. The number of nitrogens with one attached hydrogen (secondary N) is 5. The minimum Gasteiger partial charge on any atom is -0.493 e. The summed E-state index contributed by atoms with van der Waals surface area (Å²) in [5, 5.41) is 23.2. The predicted molar refractivity (Wildman–Crippen MR) is 215 cm³/mol. The molecular formula is C43H49N5O9. The Labute approximate surface area is 330 Å². The number of ether oxygens (including phenoxy) is 3. The summed E-state index contributed by atoms with van der Waals surface area (Å²) in [7, 11) is 3.04. The molecule has 57 heavy (non-hydrogen) atoms. The molecule has 5 rings (SSSR count). The van der Waals surface area contributed by atoms with Crippen molar-refractivity contribution in [1.29, 1.82) is 0 Å². The van der Waals surface area contributed by atoms with Crippen LogP contribution in [0.2, 0.25) is 0 Å². The topological polar surface area (TPSA) is 197 Å². The standard InChI is InChI=1S/C43H49N5O9/c1-43(2,3)57-42(54)48-34(23-30-25-45-32-13-9-8-12-31(30)32)41(53)46-33(21-27-14-16-28-10-6-7-11-29(28)20-27)40(52)47-35(24-38(49)50)39(51)44-19-18-26-15-17-36(55-4)37(22-26)56-5/h6-17,20,22,25,33-35,45H,18-19,21,23-24H2,1-5H3,(H,44,51)(H,46,53)(H,47,52)(H,48,54)(H,49,50)/t33-,34-,35-/m0/s1. The minimum atomic E-state index is -1.47. The molecule has 300 valence electrons. The summed E-state index contributed by atoms with van der Waals surface area (Å²) < 4.78 is 16.1. The lowest BCUT2D eigenvalue weighted by atomic mass is 9.99. The van der Waals surface area contributed by atoms with E-state index in [0.717, 1.165) is 32.8 Å². The normalized spacial score (nSPS) is 12.9. The summed E-state index contributed by atoms with van der Waals surface area (Å²) in [5.74, 6) is -2.45. The summed E-state index contributed by atoms with van der Waals surface area (Å²) in [6.07, 6.45) is 0.612. The molecule has 0 spiro atoms. The van der Waals surface area contributed by atoms with E-state index in [2.05, 4.69) is 26.3 Å². The van der Waals surface area contributed by atoms with E-state index < -0.39 is 59.9 Å². The molecular weight excluding hydrogens is 730 g/mol. The first-order valence-electron chi connectivity index (χ1n) is 18.6. The van der Waals surface area contributed by atoms with Gasteiger partial charge in [0, 0.05) is 36.5 Å². The number of aromatic nitrogens is 1. The molecule has 0 aliphatic rings. The third kappa shape index (κ3) is 11.7. The SMILES string of the molecule is COc1ccc(CCNC(=O)[C@H](CC(=O)O)NC(=O)[C@H](Cc2ccc3ccccc3c2)NC(=O)[C@H](Cc2c[nH]c3ccccc23)NC(=O)OC(C)(C)C)cc1OC. The molecule has 6 N–H and O–H groups in total. The van der Waals surface area contributed by atoms with Crippen molar-refractivity contribution in [2.24, 2.45) is 0 Å². The van der Waals surface area contributed by atoms with Crippen LogP contribution in [0.1, 0.15) is 43.9 Å². The Morgan fingerprint density at radius 2 is 1.35 bits per heavy atom. The van der Waals surface area contributed by atoms with E-state index in [-0.39, 0.29) is 19.4 Å². The van der Waals surface area contributed by atoms with Crippen LogP contribution in [0.5, 0.6) is 11.5 Å². The molecule has 1 aromatic heterocycles.